The van der Waals surface area contributed by atoms with E-state index in [1.165, 1.54) is 18.2 Å². The quantitative estimate of drug-likeness (QED) is 0.695. The van der Waals surface area contributed by atoms with Gasteiger partial charge in [-0.25, -0.2) is 14.1 Å². The highest BCUT2D eigenvalue weighted by molar-refractivity contribution is 6.32. The summed E-state index contributed by atoms with van der Waals surface area (Å²) in [6.07, 6.45) is 1.15. The van der Waals surface area contributed by atoms with Crippen LogP contribution < -0.4 is 10.2 Å². The summed E-state index contributed by atoms with van der Waals surface area (Å²) in [6, 6.07) is 13.0. The van der Waals surface area contributed by atoms with Gasteiger partial charge < -0.3 is 0 Å². The van der Waals surface area contributed by atoms with Crippen molar-refractivity contribution in [1.82, 2.24) is 5.32 Å². The van der Waals surface area contributed by atoms with Crippen LogP contribution in [0.15, 0.2) is 59.6 Å². The van der Waals surface area contributed by atoms with Crippen LogP contribution in [0.4, 0.5) is 20.6 Å². The first kappa shape index (κ1) is 15.5. The number of barbiturate groups is 1. The van der Waals surface area contributed by atoms with Crippen molar-refractivity contribution >= 4 is 35.4 Å². The van der Waals surface area contributed by atoms with Crippen LogP contribution in [0.2, 0.25) is 0 Å². The van der Waals surface area contributed by atoms with Crippen LogP contribution in [-0.2, 0) is 9.59 Å². The van der Waals surface area contributed by atoms with E-state index in [1.807, 2.05) is 5.32 Å². The number of urea groups is 1. The molecule has 2 aromatic carbocycles. The fourth-order valence-corrected chi connectivity index (χ4v) is 2.26. The summed E-state index contributed by atoms with van der Waals surface area (Å²) in [6.45, 7) is 0. The molecule has 1 atom stereocenters. The van der Waals surface area contributed by atoms with Crippen LogP contribution in [0.25, 0.3) is 0 Å². The average Bonchev–Trinajstić information content (AvgIpc) is 2.57. The number of carbonyl (C=O) groups excluding carboxylic acids is 3. The number of aliphatic imine (C=N–C) groups is 1. The maximum atomic E-state index is 13.9. The van der Waals surface area contributed by atoms with Gasteiger partial charge in [-0.3, -0.25) is 19.9 Å². The number of benzene rings is 2. The number of para-hydroxylation sites is 2. The maximum Gasteiger partial charge on any atom is 0.335 e. The molecule has 7 heteroatoms. The van der Waals surface area contributed by atoms with E-state index in [0.717, 1.165) is 12.3 Å². The van der Waals surface area contributed by atoms with E-state index < -0.39 is 29.6 Å². The Hall–Kier alpha value is -3.35. The predicted octanol–water partition coefficient (Wildman–Crippen LogP) is 2.43. The molecule has 1 heterocycles. The molecule has 2 aromatic rings. The molecule has 4 amide bonds. The first-order valence-electron chi connectivity index (χ1n) is 7.10. The van der Waals surface area contributed by atoms with E-state index in [-0.39, 0.29) is 5.69 Å². The lowest BCUT2D eigenvalue weighted by Gasteiger charge is -2.28. The molecule has 0 aromatic heterocycles. The van der Waals surface area contributed by atoms with Crippen LogP contribution in [0.5, 0.6) is 0 Å². The number of hydrogen-bond donors (Lipinski definition) is 1. The second-order valence-corrected chi connectivity index (χ2v) is 5.01. The maximum absolute atomic E-state index is 13.9. The Morgan fingerprint density at radius 2 is 1.67 bits per heavy atom. The topological polar surface area (TPSA) is 78.8 Å². The lowest BCUT2D eigenvalue weighted by atomic mass is 10.1. The van der Waals surface area contributed by atoms with Gasteiger partial charge in [-0.15, -0.1) is 0 Å². The second kappa shape index (κ2) is 6.41. The summed E-state index contributed by atoms with van der Waals surface area (Å²) in [5.74, 6) is -3.71. The van der Waals surface area contributed by atoms with Gasteiger partial charge in [-0.05, 0) is 24.3 Å². The normalized spacial score (nSPS) is 18.1. The molecule has 1 fully saturated rings. The van der Waals surface area contributed by atoms with Gasteiger partial charge in [0.2, 0.25) is 5.91 Å². The molecule has 0 bridgehead atoms. The molecule has 1 N–H and O–H groups in total. The first-order chi connectivity index (χ1) is 11.6. The van der Waals surface area contributed by atoms with Crippen LogP contribution in [0, 0.1) is 11.7 Å². The molecular formula is C17H12FN3O3. The Labute approximate surface area is 136 Å². The number of anilines is 1. The molecule has 0 radical (unpaired) electrons. The zero-order chi connectivity index (χ0) is 17.1. The van der Waals surface area contributed by atoms with E-state index in [9.17, 15) is 18.8 Å². The van der Waals surface area contributed by atoms with Crippen molar-refractivity contribution in [3.05, 3.63) is 60.4 Å². The number of rotatable bonds is 3. The van der Waals surface area contributed by atoms with E-state index in [4.69, 9.17) is 0 Å². The molecule has 0 aliphatic carbocycles. The number of nitrogens with zero attached hydrogens (tertiary/aromatic N) is 2. The summed E-state index contributed by atoms with van der Waals surface area (Å²) < 4.78 is 13.9. The third-order valence-corrected chi connectivity index (χ3v) is 3.42. The van der Waals surface area contributed by atoms with E-state index in [0.29, 0.717) is 10.6 Å². The largest absolute Gasteiger partial charge is 0.335 e. The van der Waals surface area contributed by atoms with Crippen molar-refractivity contribution in [3.8, 4) is 0 Å². The zero-order valence-electron chi connectivity index (χ0n) is 12.3. The van der Waals surface area contributed by atoms with E-state index >= 15 is 0 Å². The average molecular weight is 325 g/mol. The Morgan fingerprint density at radius 1 is 1.00 bits per heavy atom. The van der Waals surface area contributed by atoms with Crippen molar-refractivity contribution in [1.29, 1.82) is 0 Å². The van der Waals surface area contributed by atoms with Crippen LogP contribution in [-0.4, -0.2) is 24.1 Å². The smallest absolute Gasteiger partial charge is 0.276 e. The monoisotopic (exact) mass is 325 g/mol. The Kier molecular flexibility index (Phi) is 4.15. The molecular weight excluding hydrogens is 313 g/mol. The SMILES string of the molecule is O=C1NC(=O)N(c2ccccc2F)C(=O)[C@H]1C=Nc1ccccc1. The third-order valence-electron chi connectivity index (χ3n) is 3.42. The number of carbonyl (C=O) groups is 3. The summed E-state index contributed by atoms with van der Waals surface area (Å²) in [7, 11) is 0. The van der Waals surface area contributed by atoms with E-state index in [2.05, 4.69) is 4.99 Å². The molecule has 3 rings (SSSR count). The highest BCUT2D eigenvalue weighted by Crippen LogP contribution is 2.23. The lowest BCUT2D eigenvalue weighted by molar-refractivity contribution is -0.131. The molecule has 0 spiro atoms. The summed E-state index contributed by atoms with van der Waals surface area (Å²) in [5.41, 5.74) is 0.332. The molecule has 1 aliphatic heterocycles. The van der Waals surface area contributed by atoms with Crippen molar-refractivity contribution in [2.75, 3.05) is 4.90 Å². The van der Waals surface area contributed by atoms with Crippen LogP contribution in [0.3, 0.4) is 0 Å². The van der Waals surface area contributed by atoms with Gasteiger partial charge in [0.1, 0.15) is 5.82 Å². The van der Waals surface area contributed by atoms with Gasteiger partial charge in [0.05, 0.1) is 11.4 Å². The van der Waals surface area contributed by atoms with Gasteiger partial charge in [0, 0.05) is 6.21 Å². The van der Waals surface area contributed by atoms with Gasteiger partial charge in [-0.1, -0.05) is 30.3 Å². The number of nitrogens with one attached hydrogen (secondary N) is 1. The Balaban J connectivity index is 1.92. The highest BCUT2D eigenvalue weighted by atomic mass is 19.1. The summed E-state index contributed by atoms with van der Waals surface area (Å²) in [4.78, 5) is 41.1. The van der Waals surface area contributed by atoms with E-state index in [1.54, 1.807) is 30.3 Å². The molecule has 1 aliphatic rings. The number of halogens is 1. The predicted molar refractivity (Wildman–Crippen MR) is 85.5 cm³/mol. The second-order valence-electron chi connectivity index (χ2n) is 5.01. The number of amides is 4. The van der Waals surface area contributed by atoms with Crippen LogP contribution in [0.1, 0.15) is 0 Å². The Bertz CT molecular complexity index is 836. The zero-order valence-corrected chi connectivity index (χ0v) is 12.3. The standard InChI is InChI=1S/C17H12FN3O3/c18-13-8-4-5-9-14(13)21-16(23)12(15(22)20-17(21)24)10-19-11-6-2-1-3-7-11/h1-10,12H,(H,20,22,24)/t12-/m0/s1. The van der Waals surface area contributed by atoms with Gasteiger partial charge in [-0.2, -0.15) is 0 Å². The minimum atomic E-state index is -1.32. The highest BCUT2D eigenvalue weighted by Gasteiger charge is 2.41. The summed E-state index contributed by atoms with van der Waals surface area (Å²) >= 11 is 0. The van der Waals surface area contributed by atoms with Gasteiger partial charge in [0.25, 0.3) is 5.91 Å². The van der Waals surface area contributed by atoms with Crippen molar-refractivity contribution in [2.24, 2.45) is 10.9 Å². The molecule has 0 unspecified atom stereocenters. The Morgan fingerprint density at radius 3 is 2.38 bits per heavy atom. The molecule has 24 heavy (non-hydrogen) atoms. The minimum Gasteiger partial charge on any atom is -0.276 e. The van der Waals surface area contributed by atoms with Gasteiger partial charge >= 0.3 is 6.03 Å². The number of imide groups is 2. The summed E-state index contributed by atoms with van der Waals surface area (Å²) in [5, 5.41) is 2.04. The first-order valence-corrected chi connectivity index (χ1v) is 7.10. The van der Waals surface area contributed by atoms with Gasteiger partial charge in [0.15, 0.2) is 5.92 Å². The lowest BCUT2D eigenvalue weighted by Crippen LogP contribution is -2.58. The molecule has 1 saturated heterocycles. The minimum absolute atomic E-state index is 0.217. The number of hydrogen-bond acceptors (Lipinski definition) is 4. The van der Waals surface area contributed by atoms with Crippen molar-refractivity contribution < 1.29 is 18.8 Å². The molecule has 120 valence electrons. The van der Waals surface area contributed by atoms with Crippen molar-refractivity contribution in [3.63, 3.8) is 0 Å². The van der Waals surface area contributed by atoms with Crippen LogP contribution >= 0.6 is 0 Å². The molecule has 6 nitrogen and oxygen atoms in total. The van der Waals surface area contributed by atoms with Crippen molar-refractivity contribution in [2.45, 2.75) is 0 Å². The third kappa shape index (κ3) is 2.91. The fraction of sp³-hybridized carbons (Fsp3) is 0.0588. The fourth-order valence-electron chi connectivity index (χ4n) is 2.26. The molecule has 0 saturated carbocycles.